The Morgan fingerprint density at radius 3 is 2.51 bits per heavy atom. The van der Waals surface area contributed by atoms with E-state index in [9.17, 15) is 9.90 Å². The van der Waals surface area contributed by atoms with E-state index in [1.165, 1.54) is 30.4 Å². The number of rotatable bonds is 17. The highest BCUT2D eigenvalue weighted by atomic mass is 28.4. The zero-order chi connectivity index (χ0) is 32.5. The lowest BCUT2D eigenvalue weighted by atomic mass is 9.73. The highest BCUT2D eigenvalue weighted by Crippen LogP contribution is 2.51. The van der Waals surface area contributed by atoms with Gasteiger partial charge in [-0.25, -0.2) is 4.79 Å². The summed E-state index contributed by atoms with van der Waals surface area (Å²) in [7, 11) is -1.97. The summed E-state index contributed by atoms with van der Waals surface area (Å²) in [5.41, 5.74) is 3.54. The average Bonchev–Trinajstić information content (AvgIpc) is 3.33. The fourth-order valence-corrected chi connectivity index (χ4v) is 8.43. The molecule has 0 radical (unpaired) electrons. The zero-order valence-electron chi connectivity index (χ0n) is 28.7. The van der Waals surface area contributed by atoms with Crippen LogP contribution in [0.2, 0.25) is 18.1 Å². The van der Waals surface area contributed by atoms with Crippen molar-refractivity contribution in [3.63, 3.8) is 0 Å². The first-order valence-corrected chi connectivity index (χ1v) is 20.3. The number of carbonyl (C=O) groups excluding carboxylic acids is 1. The maximum Gasteiger partial charge on any atom is 0.344 e. The van der Waals surface area contributed by atoms with E-state index >= 15 is 0 Å². The van der Waals surface area contributed by atoms with E-state index in [0.29, 0.717) is 24.4 Å². The SMILES string of the molecule is CCCCC[C@@H](CCC1C(O[Si](C)(C)C(C)(C)C)C[C@@H]2Cc3c(cccc3OCC(=O)OCc3ccccc3)C[C@H]12)OCCO. The van der Waals surface area contributed by atoms with E-state index in [1.807, 2.05) is 36.4 Å². The maximum absolute atomic E-state index is 12.5. The van der Waals surface area contributed by atoms with Gasteiger partial charge in [-0.05, 0) is 97.2 Å². The van der Waals surface area contributed by atoms with Crippen LogP contribution in [0.1, 0.15) is 89.3 Å². The van der Waals surface area contributed by atoms with Crippen LogP contribution >= 0.6 is 0 Å². The third kappa shape index (κ3) is 9.90. The minimum Gasteiger partial charge on any atom is -0.482 e. The van der Waals surface area contributed by atoms with Crippen LogP contribution in [0.5, 0.6) is 5.75 Å². The summed E-state index contributed by atoms with van der Waals surface area (Å²) in [6.45, 7) is 14.6. The largest absolute Gasteiger partial charge is 0.482 e. The van der Waals surface area contributed by atoms with Gasteiger partial charge >= 0.3 is 5.97 Å². The molecule has 45 heavy (non-hydrogen) atoms. The first kappa shape index (κ1) is 35.7. The number of ether oxygens (including phenoxy) is 3. The molecular formula is C38H58O6Si. The Bertz CT molecular complexity index is 1190. The summed E-state index contributed by atoms with van der Waals surface area (Å²) < 4.78 is 24.9. The van der Waals surface area contributed by atoms with Gasteiger partial charge in [-0.3, -0.25) is 0 Å². The minimum absolute atomic E-state index is 0.0709. The molecule has 1 N–H and O–H groups in total. The summed E-state index contributed by atoms with van der Waals surface area (Å²) in [6, 6.07) is 16.0. The average molecular weight is 639 g/mol. The number of fused-ring (bicyclic) bond motifs is 2. The number of hydrogen-bond donors (Lipinski definition) is 1. The molecule has 2 aromatic rings. The van der Waals surface area contributed by atoms with Crippen LogP contribution in [-0.4, -0.2) is 51.4 Å². The van der Waals surface area contributed by atoms with Gasteiger partial charge in [0.2, 0.25) is 0 Å². The van der Waals surface area contributed by atoms with Gasteiger partial charge in [0.1, 0.15) is 12.4 Å². The van der Waals surface area contributed by atoms with Crippen LogP contribution in [-0.2, 0) is 38.1 Å². The number of unbranched alkanes of at least 4 members (excludes halogenated alkanes) is 2. The van der Waals surface area contributed by atoms with Crippen molar-refractivity contribution in [3.05, 3.63) is 65.2 Å². The molecule has 6 nitrogen and oxygen atoms in total. The van der Waals surface area contributed by atoms with Crippen molar-refractivity contribution in [2.75, 3.05) is 19.8 Å². The van der Waals surface area contributed by atoms with Crippen LogP contribution in [0, 0.1) is 17.8 Å². The highest BCUT2D eigenvalue weighted by molar-refractivity contribution is 6.74. The Labute approximate surface area is 273 Å². The van der Waals surface area contributed by atoms with Crippen molar-refractivity contribution >= 4 is 14.3 Å². The smallest absolute Gasteiger partial charge is 0.344 e. The Morgan fingerprint density at radius 2 is 1.80 bits per heavy atom. The molecule has 2 aromatic carbocycles. The van der Waals surface area contributed by atoms with E-state index in [1.54, 1.807) is 0 Å². The third-order valence-corrected chi connectivity index (χ3v) is 15.1. The van der Waals surface area contributed by atoms with Crippen LogP contribution in [0.3, 0.4) is 0 Å². The molecule has 1 saturated carbocycles. The zero-order valence-corrected chi connectivity index (χ0v) is 29.7. The van der Waals surface area contributed by atoms with E-state index in [-0.39, 0.29) is 43.0 Å². The second-order valence-electron chi connectivity index (χ2n) is 14.8. The van der Waals surface area contributed by atoms with Gasteiger partial charge in [-0.2, -0.15) is 0 Å². The van der Waals surface area contributed by atoms with Crippen molar-refractivity contribution < 1.29 is 28.5 Å². The topological polar surface area (TPSA) is 74.2 Å². The Hall–Kier alpha value is -2.19. The lowest BCUT2D eigenvalue weighted by Crippen LogP contribution is -2.45. The standard InChI is InChI=1S/C38H58O6Si/c1-7-8-10-17-31(41-22-21-39)19-20-32-33-23-29-16-13-18-35(42-27-37(40)43-26-28-14-11-9-12-15-28)34(29)24-30(33)25-36(32)44-45(5,6)38(2,3)4/h9,11-16,18,30-33,36,39H,7-8,10,17,19-27H2,1-6H3/t30-,31-,32?,33-,36?/m0/s1. The summed E-state index contributed by atoms with van der Waals surface area (Å²) >= 11 is 0. The molecule has 0 heterocycles. The Kier molecular flexibility index (Phi) is 13.1. The first-order valence-electron chi connectivity index (χ1n) is 17.4. The van der Waals surface area contributed by atoms with Crippen molar-refractivity contribution in [1.29, 1.82) is 0 Å². The van der Waals surface area contributed by atoms with Gasteiger partial charge in [-0.15, -0.1) is 0 Å². The molecule has 4 rings (SSSR count). The number of carbonyl (C=O) groups is 1. The first-order chi connectivity index (χ1) is 21.5. The normalized spacial score (nSPS) is 22.0. The van der Waals surface area contributed by atoms with E-state index in [2.05, 4.69) is 52.9 Å². The Morgan fingerprint density at radius 1 is 1.02 bits per heavy atom. The highest BCUT2D eigenvalue weighted by Gasteiger charge is 2.49. The molecule has 1 fully saturated rings. The molecule has 0 saturated heterocycles. The second kappa shape index (κ2) is 16.6. The van der Waals surface area contributed by atoms with Crippen molar-refractivity contribution in [2.45, 2.75) is 122 Å². The number of aliphatic hydroxyl groups is 1. The van der Waals surface area contributed by atoms with Gasteiger partial charge in [0, 0.05) is 6.10 Å². The van der Waals surface area contributed by atoms with Gasteiger partial charge in [0.05, 0.1) is 19.3 Å². The molecule has 0 spiro atoms. The van der Waals surface area contributed by atoms with Gasteiger partial charge in [0.25, 0.3) is 0 Å². The quantitative estimate of drug-likeness (QED) is 0.107. The van der Waals surface area contributed by atoms with Gasteiger partial charge < -0.3 is 23.7 Å². The van der Waals surface area contributed by atoms with Crippen molar-refractivity contribution in [2.24, 2.45) is 17.8 Å². The van der Waals surface area contributed by atoms with Crippen LogP contribution < -0.4 is 4.74 Å². The number of benzene rings is 2. The molecule has 5 atom stereocenters. The van der Waals surface area contributed by atoms with Crippen molar-refractivity contribution in [3.8, 4) is 5.75 Å². The molecule has 250 valence electrons. The third-order valence-electron chi connectivity index (χ3n) is 10.6. The molecule has 2 aliphatic rings. The van der Waals surface area contributed by atoms with E-state index < -0.39 is 8.32 Å². The Balaban J connectivity index is 1.46. The van der Waals surface area contributed by atoms with E-state index in [0.717, 1.165) is 49.8 Å². The minimum atomic E-state index is -1.97. The predicted octanol–water partition coefficient (Wildman–Crippen LogP) is 8.29. The monoisotopic (exact) mass is 638 g/mol. The molecule has 0 aromatic heterocycles. The molecule has 2 unspecified atom stereocenters. The predicted molar refractivity (Wildman–Crippen MR) is 183 cm³/mol. The summed E-state index contributed by atoms with van der Waals surface area (Å²) in [5, 5.41) is 9.60. The molecule has 0 bridgehead atoms. The molecular weight excluding hydrogens is 580 g/mol. The molecule has 7 heteroatoms. The maximum atomic E-state index is 12.5. The molecule has 2 aliphatic carbocycles. The second-order valence-corrected chi connectivity index (χ2v) is 19.5. The van der Waals surface area contributed by atoms with Gasteiger partial charge in [0.15, 0.2) is 14.9 Å². The van der Waals surface area contributed by atoms with Crippen molar-refractivity contribution in [1.82, 2.24) is 0 Å². The number of hydrogen-bond acceptors (Lipinski definition) is 6. The number of esters is 1. The van der Waals surface area contributed by atoms with Crippen LogP contribution in [0.4, 0.5) is 0 Å². The summed E-state index contributed by atoms with van der Waals surface area (Å²) in [4.78, 5) is 12.5. The molecule has 0 amide bonds. The van der Waals surface area contributed by atoms with Gasteiger partial charge in [-0.1, -0.05) is 89.4 Å². The fraction of sp³-hybridized carbons (Fsp3) is 0.658. The lowest BCUT2D eigenvalue weighted by Gasteiger charge is -2.40. The summed E-state index contributed by atoms with van der Waals surface area (Å²) in [5.74, 6) is 1.99. The molecule has 0 aliphatic heterocycles. The lowest BCUT2D eigenvalue weighted by molar-refractivity contribution is -0.147. The summed E-state index contributed by atoms with van der Waals surface area (Å²) in [6.07, 6.45) is 10.2. The van der Waals surface area contributed by atoms with E-state index in [4.69, 9.17) is 18.6 Å². The van der Waals surface area contributed by atoms with Crippen LogP contribution in [0.25, 0.3) is 0 Å². The fourth-order valence-electron chi connectivity index (χ4n) is 7.05. The number of aliphatic hydroxyl groups excluding tert-OH is 1. The van der Waals surface area contributed by atoms with Crippen LogP contribution in [0.15, 0.2) is 48.5 Å².